The standard InChI is InChI=1S/C6H7N5/c1-4-2-5(7)10-6-8-3-9-11(4)6/h2-3H,1H3,(H2,7,8,9,10). The molecule has 0 radical (unpaired) electrons. The molecule has 0 spiro atoms. The van der Waals surface area contributed by atoms with Crippen LogP contribution in [0.3, 0.4) is 0 Å². The van der Waals surface area contributed by atoms with Crippen LogP contribution in [0.2, 0.25) is 0 Å². The molecule has 0 aromatic carbocycles. The largest absolute Gasteiger partial charge is 0.384 e. The molecule has 2 rings (SSSR count). The van der Waals surface area contributed by atoms with Gasteiger partial charge in [0, 0.05) is 11.8 Å². The second kappa shape index (κ2) is 1.91. The number of hydrogen-bond acceptors (Lipinski definition) is 4. The van der Waals surface area contributed by atoms with Gasteiger partial charge in [-0.15, -0.1) is 0 Å². The molecule has 2 aromatic heterocycles. The van der Waals surface area contributed by atoms with Gasteiger partial charge in [-0.2, -0.15) is 15.1 Å². The quantitative estimate of drug-likeness (QED) is 0.573. The van der Waals surface area contributed by atoms with Crippen LogP contribution in [0.15, 0.2) is 12.4 Å². The van der Waals surface area contributed by atoms with Gasteiger partial charge in [-0.3, -0.25) is 0 Å². The first-order chi connectivity index (χ1) is 5.27. The van der Waals surface area contributed by atoms with Crippen LogP contribution in [0.5, 0.6) is 0 Å². The Balaban J connectivity index is 2.91. The molecule has 0 aliphatic rings. The van der Waals surface area contributed by atoms with Crippen LogP contribution in [-0.4, -0.2) is 19.6 Å². The van der Waals surface area contributed by atoms with Crippen LogP contribution in [0.25, 0.3) is 5.78 Å². The summed E-state index contributed by atoms with van der Waals surface area (Å²) in [6, 6.07) is 1.75. The zero-order valence-corrected chi connectivity index (χ0v) is 6.02. The summed E-state index contributed by atoms with van der Waals surface area (Å²) in [7, 11) is 0. The summed E-state index contributed by atoms with van der Waals surface area (Å²) in [5.74, 6) is 1.02. The number of nitrogen functional groups attached to an aromatic ring is 1. The van der Waals surface area contributed by atoms with Crippen molar-refractivity contribution in [3.63, 3.8) is 0 Å². The van der Waals surface area contributed by atoms with Crippen LogP contribution in [0.1, 0.15) is 5.69 Å². The van der Waals surface area contributed by atoms with Crippen molar-refractivity contribution in [2.75, 3.05) is 5.73 Å². The third kappa shape index (κ3) is 0.813. The van der Waals surface area contributed by atoms with Crippen molar-refractivity contribution in [3.05, 3.63) is 18.1 Å². The number of nitrogens with zero attached hydrogens (tertiary/aromatic N) is 4. The van der Waals surface area contributed by atoms with E-state index in [-0.39, 0.29) is 0 Å². The Bertz CT molecular complexity index is 391. The highest BCUT2D eigenvalue weighted by Crippen LogP contribution is 2.03. The van der Waals surface area contributed by atoms with E-state index in [2.05, 4.69) is 15.1 Å². The molecule has 2 aromatic rings. The molecule has 56 valence electrons. The number of hydrogen-bond donors (Lipinski definition) is 1. The molecule has 0 fully saturated rings. The summed E-state index contributed by atoms with van der Waals surface area (Å²) in [6.07, 6.45) is 1.45. The molecule has 0 aliphatic heterocycles. The number of aromatic nitrogens is 4. The van der Waals surface area contributed by atoms with E-state index in [4.69, 9.17) is 5.73 Å². The zero-order valence-electron chi connectivity index (χ0n) is 6.02. The minimum atomic E-state index is 0.475. The highest BCUT2D eigenvalue weighted by Gasteiger charge is 1.99. The Morgan fingerprint density at radius 3 is 3.18 bits per heavy atom. The van der Waals surface area contributed by atoms with Gasteiger partial charge in [0.25, 0.3) is 5.78 Å². The monoisotopic (exact) mass is 149 g/mol. The fourth-order valence-electron chi connectivity index (χ4n) is 0.983. The van der Waals surface area contributed by atoms with Gasteiger partial charge in [-0.05, 0) is 6.92 Å². The number of aryl methyl sites for hydroxylation is 1. The zero-order chi connectivity index (χ0) is 7.84. The summed E-state index contributed by atoms with van der Waals surface area (Å²) in [5.41, 5.74) is 6.43. The highest BCUT2D eigenvalue weighted by atomic mass is 15.3. The number of rotatable bonds is 0. The normalized spacial score (nSPS) is 10.6. The van der Waals surface area contributed by atoms with E-state index in [9.17, 15) is 0 Å². The lowest BCUT2D eigenvalue weighted by Gasteiger charge is -1.96. The van der Waals surface area contributed by atoms with Gasteiger partial charge in [-0.25, -0.2) is 4.52 Å². The maximum Gasteiger partial charge on any atom is 0.254 e. The summed E-state index contributed by atoms with van der Waals surface area (Å²) in [4.78, 5) is 7.86. The molecule has 0 aliphatic carbocycles. The SMILES string of the molecule is Cc1cc(N)nc2ncnn12. The Hall–Kier alpha value is -1.65. The molecular weight excluding hydrogens is 142 g/mol. The van der Waals surface area contributed by atoms with Crippen molar-refractivity contribution in [2.24, 2.45) is 0 Å². The van der Waals surface area contributed by atoms with Crippen molar-refractivity contribution < 1.29 is 0 Å². The average molecular weight is 149 g/mol. The van der Waals surface area contributed by atoms with Crippen molar-refractivity contribution in [3.8, 4) is 0 Å². The predicted octanol–water partition coefficient (Wildman–Crippen LogP) is 0.0149. The van der Waals surface area contributed by atoms with Gasteiger partial charge in [0.05, 0.1) is 0 Å². The summed E-state index contributed by atoms with van der Waals surface area (Å²) in [5, 5.41) is 3.95. The summed E-state index contributed by atoms with van der Waals surface area (Å²) < 4.78 is 1.64. The number of anilines is 1. The van der Waals surface area contributed by atoms with Gasteiger partial charge >= 0.3 is 0 Å². The van der Waals surface area contributed by atoms with E-state index in [1.165, 1.54) is 6.33 Å². The minimum absolute atomic E-state index is 0.475. The van der Waals surface area contributed by atoms with Gasteiger partial charge in [-0.1, -0.05) is 0 Å². The molecule has 5 nitrogen and oxygen atoms in total. The fourth-order valence-corrected chi connectivity index (χ4v) is 0.983. The molecule has 0 saturated heterocycles. The Morgan fingerprint density at radius 2 is 2.36 bits per heavy atom. The molecule has 2 N–H and O–H groups in total. The highest BCUT2D eigenvalue weighted by molar-refractivity contribution is 5.39. The second-order valence-electron chi connectivity index (χ2n) is 2.29. The van der Waals surface area contributed by atoms with Gasteiger partial charge in [0.2, 0.25) is 0 Å². The molecule has 0 saturated carbocycles. The van der Waals surface area contributed by atoms with E-state index >= 15 is 0 Å². The van der Waals surface area contributed by atoms with E-state index < -0.39 is 0 Å². The maximum absolute atomic E-state index is 5.49. The van der Waals surface area contributed by atoms with E-state index in [1.54, 1.807) is 10.6 Å². The molecule has 0 unspecified atom stereocenters. The Labute approximate surface area is 62.9 Å². The van der Waals surface area contributed by atoms with Gasteiger partial charge < -0.3 is 5.73 Å². The molecule has 0 amide bonds. The van der Waals surface area contributed by atoms with Crippen LogP contribution in [0.4, 0.5) is 5.82 Å². The van der Waals surface area contributed by atoms with Crippen LogP contribution in [-0.2, 0) is 0 Å². The molecule has 0 atom stereocenters. The van der Waals surface area contributed by atoms with Crippen LogP contribution >= 0.6 is 0 Å². The first kappa shape index (κ1) is 6.09. The van der Waals surface area contributed by atoms with E-state index in [0.717, 1.165) is 5.69 Å². The van der Waals surface area contributed by atoms with Gasteiger partial charge in [0.15, 0.2) is 0 Å². The lowest BCUT2D eigenvalue weighted by atomic mass is 10.4. The molecule has 5 heteroatoms. The van der Waals surface area contributed by atoms with Crippen LogP contribution < -0.4 is 5.73 Å². The van der Waals surface area contributed by atoms with E-state index in [0.29, 0.717) is 11.6 Å². The van der Waals surface area contributed by atoms with E-state index in [1.807, 2.05) is 6.92 Å². The topological polar surface area (TPSA) is 69.1 Å². The number of fused-ring (bicyclic) bond motifs is 1. The average Bonchev–Trinajstić information content (AvgIpc) is 2.34. The Morgan fingerprint density at radius 1 is 1.55 bits per heavy atom. The molecule has 0 bridgehead atoms. The first-order valence-electron chi connectivity index (χ1n) is 3.20. The summed E-state index contributed by atoms with van der Waals surface area (Å²) >= 11 is 0. The van der Waals surface area contributed by atoms with Crippen LogP contribution in [0, 0.1) is 6.92 Å². The minimum Gasteiger partial charge on any atom is -0.384 e. The first-order valence-corrected chi connectivity index (χ1v) is 3.20. The van der Waals surface area contributed by atoms with Crippen molar-refractivity contribution in [1.29, 1.82) is 0 Å². The second-order valence-corrected chi connectivity index (χ2v) is 2.29. The lowest BCUT2D eigenvalue weighted by Crippen LogP contribution is -1.99. The predicted molar refractivity (Wildman–Crippen MR) is 39.9 cm³/mol. The van der Waals surface area contributed by atoms with Crippen molar-refractivity contribution in [2.45, 2.75) is 6.92 Å². The van der Waals surface area contributed by atoms with Crippen molar-refractivity contribution >= 4 is 11.6 Å². The van der Waals surface area contributed by atoms with Gasteiger partial charge in [0.1, 0.15) is 12.1 Å². The third-order valence-electron chi connectivity index (χ3n) is 1.45. The smallest absolute Gasteiger partial charge is 0.254 e. The Kier molecular flexibility index (Phi) is 1.06. The molecular formula is C6H7N5. The maximum atomic E-state index is 5.49. The lowest BCUT2D eigenvalue weighted by molar-refractivity contribution is 0.897. The number of nitrogens with two attached hydrogens (primary N) is 1. The molecule has 11 heavy (non-hydrogen) atoms. The summed E-state index contributed by atoms with van der Waals surface area (Å²) in [6.45, 7) is 1.90. The third-order valence-corrected chi connectivity index (χ3v) is 1.45. The van der Waals surface area contributed by atoms with Crippen molar-refractivity contribution in [1.82, 2.24) is 19.6 Å². The fraction of sp³-hybridized carbons (Fsp3) is 0.167. The molecule has 2 heterocycles.